The van der Waals surface area contributed by atoms with Crippen molar-refractivity contribution in [2.45, 2.75) is 19.5 Å². The molecule has 1 aromatic heterocycles. The van der Waals surface area contributed by atoms with E-state index in [0.717, 1.165) is 0 Å². The SMILES string of the molecule is CCOC(=O)c1nc(C(F)(F)F)c(I)cc1C(F)F. The van der Waals surface area contributed by atoms with Gasteiger partial charge in [-0.2, -0.15) is 13.2 Å². The maximum Gasteiger partial charge on any atom is 0.434 e. The minimum absolute atomic E-state index is 0.156. The summed E-state index contributed by atoms with van der Waals surface area (Å²) in [7, 11) is 0. The van der Waals surface area contributed by atoms with Crippen LogP contribution in [0.3, 0.4) is 0 Å². The van der Waals surface area contributed by atoms with Crippen LogP contribution in [-0.4, -0.2) is 17.6 Å². The highest BCUT2D eigenvalue weighted by atomic mass is 127. The second kappa shape index (κ2) is 5.97. The van der Waals surface area contributed by atoms with Crippen molar-refractivity contribution in [3.8, 4) is 0 Å². The highest BCUT2D eigenvalue weighted by molar-refractivity contribution is 14.1. The molecule has 0 saturated carbocycles. The standard InChI is InChI=1S/C10H7F5INO2/c1-2-19-9(18)6-4(8(11)12)3-5(16)7(17-6)10(13,14)15/h3,8H,2H2,1H3. The van der Waals surface area contributed by atoms with Crippen molar-refractivity contribution in [1.82, 2.24) is 4.98 Å². The first-order chi connectivity index (χ1) is 8.68. The Kier molecular flexibility index (Phi) is 5.04. The van der Waals surface area contributed by atoms with Crippen LogP contribution < -0.4 is 0 Å². The second-order valence-corrected chi connectivity index (χ2v) is 4.44. The molecule has 0 unspecified atom stereocenters. The zero-order chi connectivity index (χ0) is 14.8. The predicted octanol–water partition coefficient (Wildman–Crippen LogP) is 3.82. The molecule has 0 radical (unpaired) electrons. The average molecular weight is 395 g/mol. The fraction of sp³-hybridized carbons (Fsp3) is 0.400. The van der Waals surface area contributed by atoms with Gasteiger partial charge in [0.25, 0.3) is 6.43 Å². The number of pyridine rings is 1. The van der Waals surface area contributed by atoms with Gasteiger partial charge in [-0.05, 0) is 35.6 Å². The minimum Gasteiger partial charge on any atom is -0.461 e. The number of rotatable bonds is 3. The molecule has 9 heteroatoms. The first kappa shape index (κ1) is 16.1. The molecular weight excluding hydrogens is 388 g/mol. The molecule has 1 heterocycles. The van der Waals surface area contributed by atoms with Crippen molar-refractivity contribution in [2.24, 2.45) is 0 Å². The summed E-state index contributed by atoms with van der Waals surface area (Å²) in [6.07, 6.45) is -7.96. The van der Waals surface area contributed by atoms with Gasteiger partial charge < -0.3 is 4.74 Å². The van der Waals surface area contributed by atoms with Crippen LogP contribution in [0, 0.1) is 3.57 Å². The summed E-state index contributed by atoms with van der Waals surface area (Å²) in [5.74, 6) is -1.31. The summed E-state index contributed by atoms with van der Waals surface area (Å²) in [5.41, 5.74) is -3.28. The van der Waals surface area contributed by atoms with E-state index in [1.165, 1.54) is 29.5 Å². The molecule has 106 valence electrons. The molecule has 0 bridgehead atoms. The van der Waals surface area contributed by atoms with Crippen LogP contribution in [0.1, 0.15) is 35.1 Å². The molecule has 0 atom stereocenters. The van der Waals surface area contributed by atoms with E-state index >= 15 is 0 Å². The Morgan fingerprint density at radius 3 is 2.47 bits per heavy atom. The van der Waals surface area contributed by atoms with Crippen molar-refractivity contribution < 1.29 is 31.5 Å². The number of esters is 1. The van der Waals surface area contributed by atoms with Gasteiger partial charge >= 0.3 is 12.1 Å². The van der Waals surface area contributed by atoms with Crippen LogP contribution in [0.4, 0.5) is 22.0 Å². The van der Waals surface area contributed by atoms with Crippen molar-refractivity contribution in [3.63, 3.8) is 0 Å². The van der Waals surface area contributed by atoms with Gasteiger partial charge in [-0.1, -0.05) is 0 Å². The lowest BCUT2D eigenvalue weighted by molar-refractivity contribution is -0.142. The molecule has 19 heavy (non-hydrogen) atoms. The van der Waals surface area contributed by atoms with Gasteiger partial charge in [-0.25, -0.2) is 18.6 Å². The van der Waals surface area contributed by atoms with Crippen molar-refractivity contribution in [3.05, 3.63) is 26.6 Å². The number of hydrogen-bond acceptors (Lipinski definition) is 3. The summed E-state index contributed by atoms with van der Waals surface area (Å²) >= 11 is 1.24. The van der Waals surface area contributed by atoms with E-state index in [4.69, 9.17) is 0 Å². The fourth-order valence-electron chi connectivity index (χ4n) is 1.23. The van der Waals surface area contributed by atoms with Crippen LogP contribution >= 0.6 is 22.6 Å². The molecule has 1 rings (SSSR count). The van der Waals surface area contributed by atoms with E-state index in [2.05, 4.69) is 9.72 Å². The summed E-state index contributed by atoms with van der Waals surface area (Å²) in [6, 6.07) is 0.591. The predicted molar refractivity (Wildman–Crippen MR) is 62.9 cm³/mol. The number of aromatic nitrogens is 1. The van der Waals surface area contributed by atoms with Crippen molar-refractivity contribution >= 4 is 28.6 Å². The number of halogens is 6. The van der Waals surface area contributed by atoms with Crippen LogP contribution in [-0.2, 0) is 10.9 Å². The molecule has 0 fully saturated rings. The number of carbonyl (C=O) groups excluding carboxylic acids is 1. The van der Waals surface area contributed by atoms with Gasteiger partial charge in [0.2, 0.25) is 0 Å². The van der Waals surface area contributed by atoms with Gasteiger partial charge in [-0.3, -0.25) is 0 Å². The van der Waals surface area contributed by atoms with Crippen molar-refractivity contribution in [2.75, 3.05) is 6.61 Å². The summed E-state index contributed by atoms with van der Waals surface area (Å²) in [4.78, 5) is 14.4. The molecule has 0 saturated heterocycles. The molecule has 0 aromatic carbocycles. The fourth-order valence-corrected chi connectivity index (χ4v) is 1.99. The maximum absolute atomic E-state index is 12.7. The lowest BCUT2D eigenvalue weighted by Crippen LogP contribution is -2.18. The topological polar surface area (TPSA) is 39.2 Å². The third-order valence-electron chi connectivity index (χ3n) is 1.98. The van der Waals surface area contributed by atoms with E-state index in [0.29, 0.717) is 6.07 Å². The Balaban J connectivity index is 3.44. The highest BCUT2D eigenvalue weighted by Crippen LogP contribution is 2.34. The van der Waals surface area contributed by atoms with E-state index in [1.54, 1.807) is 0 Å². The molecule has 0 N–H and O–H groups in total. The largest absolute Gasteiger partial charge is 0.461 e. The minimum atomic E-state index is -4.83. The number of carbonyl (C=O) groups is 1. The van der Waals surface area contributed by atoms with Gasteiger partial charge in [0.1, 0.15) is 0 Å². The quantitative estimate of drug-likeness (QED) is 0.444. The van der Waals surface area contributed by atoms with Crippen LogP contribution in [0.15, 0.2) is 6.07 Å². The molecule has 0 aliphatic heterocycles. The Hall–Kier alpha value is -1.00. The molecule has 0 aliphatic carbocycles. The molecular formula is C10H7F5INO2. The third-order valence-corrected chi connectivity index (χ3v) is 2.80. The van der Waals surface area contributed by atoms with E-state index in [-0.39, 0.29) is 6.61 Å². The second-order valence-electron chi connectivity index (χ2n) is 3.28. The molecule has 3 nitrogen and oxygen atoms in total. The zero-order valence-electron chi connectivity index (χ0n) is 9.39. The Labute approximate surface area is 118 Å². The first-order valence-electron chi connectivity index (χ1n) is 4.91. The summed E-state index contributed by atoms with van der Waals surface area (Å²) in [6.45, 7) is 1.24. The van der Waals surface area contributed by atoms with Crippen LogP contribution in [0.25, 0.3) is 0 Å². The maximum atomic E-state index is 12.7. The number of nitrogens with zero attached hydrogens (tertiary/aromatic N) is 1. The van der Waals surface area contributed by atoms with Crippen LogP contribution in [0.5, 0.6) is 0 Å². The first-order valence-corrected chi connectivity index (χ1v) is 5.99. The van der Waals surface area contributed by atoms with E-state index in [9.17, 15) is 26.7 Å². The van der Waals surface area contributed by atoms with Gasteiger partial charge in [0.15, 0.2) is 11.4 Å². The number of ether oxygens (including phenoxy) is 1. The molecule has 0 aliphatic rings. The average Bonchev–Trinajstić information content (AvgIpc) is 2.26. The number of hydrogen-bond donors (Lipinski definition) is 0. The summed E-state index contributed by atoms with van der Waals surface area (Å²) in [5, 5.41) is 0. The zero-order valence-corrected chi connectivity index (χ0v) is 11.6. The normalized spacial score (nSPS) is 11.8. The Morgan fingerprint density at radius 1 is 1.47 bits per heavy atom. The third kappa shape index (κ3) is 3.74. The van der Waals surface area contributed by atoms with Gasteiger partial charge in [-0.15, -0.1) is 0 Å². The van der Waals surface area contributed by atoms with Gasteiger partial charge in [0, 0.05) is 3.57 Å². The van der Waals surface area contributed by atoms with Crippen molar-refractivity contribution in [1.29, 1.82) is 0 Å². The van der Waals surface area contributed by atoms with E-state index in [1.807, 2.05) is 0 Å². The molecule has 0 spiro atoms. The molecule has 1 aromatic rings. The molecule has 0 amide bonds. The lowest BCUT2D eigenvalue weighted by atomic mass is 10.1. The smallest absolute Gasteiger partial charge is 0.434 e. The summed E-state index contributed by atoms with van der Waals surface area (Å²) < 4.78 is 67.1. The lowest BCUT2D eigenvalue weighted by Gasteiger charge is -2.13. The van der Waals surface area contributed by atoms with E-state index < -0.39 is 39.1 Å². The Morgan fingerprint density at radius 2 is 2.05 bits per heavy atom. The van der Waals surface area contributed by atoms with Gasteiger partial charge in [0.05, 0.1) is 12.2 Å². The van der Waals surface area contributed by atoms with Crippen LogP contribution in [0.2, 0.25) is 0 Å². The highest BCUT2D eigenvalue weighted by Gasteiger charge is 2.37. The monoisotopic (exact) mass is 395 g/mol. The Bertz CT molecular complexity index is 490. The number of alkyl halides is 5.